The SMILES string of the molecule is CN(CCOc1ccc(CC(CCCCC(=O)OC(C)(C)C)C(=O)C(F)(F)F)cc1)C(C)(c1ccc(Cl)cc1)c1ccc(Cl)cc1. The van der Waals surface area contributed by atoms with Gasteiger partial charge in [-0.25, -0.2) is 0 Å². The lowest BCUT2D eigenvalue weighted by atomic mass is 9.83. The van der Waals surface area contributed by atoms with Crippen molar-refractivity contribution in [3.8, 4) is 5.75 Å². The van der Waals surface area contributed by atoms with Crippen LogP contribution in [0, 0.1) is 5.92 Å². The van der Waals surface area contributed by atoms with Gasteiger partial charge in [0.2, 0.25) is 5.78 Å². The second-order valence-electron chi connectivity index (χ2n) is 12.6. The Hall–Kier alpha value is -3.07. The van der Waals surface area contributed by atoms with E-state index in [0.717, 1.165) is 11.1 Å². The van der Waals surface area contributed by atoms with Gasteiger partial charge in [-0.2, -0.15) is 13.2 Å². The molecule has 0 saturated heterocycles. The summed E-state index contributed by atoms with van der Waals surface area (Å²) >= 11 is 12.3. The molecule has 1 unspecified atom stereocenters. The molecule has 250 valence electrons. The van der Waals surface area contributed by atoms with Gasteiger partial charge in [0.05, 0.1) is 5.54 Å². The van der Waals surface area contributed by atoms with Gasteiger partial charge in [0.1, 0.15) is 18.0 Å². The number of unbranched alkanes of at least 4 members (excludes halogenated alkanes) is 1. The highest BCUT2D eigenvalue weighted by Gasteiger charge is 2.42. The van der Waals surface area contributed by atoms with Crippen molar-refractivity contribution in [1.29, 1.82) is 0 Å². The molecule has 0 radical (unpaired) electrons. The monoisotopic (exact) mass is 679 g/mol. The zero-order valence-electron chi connectivity index (χ0n) is 26.9. The maximum absolute atomic E-state index is 13.4. The second-order valence-corrected chi connectivity index (χ2v) is 13.5. The number of likely N-dealkylation sites (N-methyl/N-ethyl adjacent to an activating group) is 1. The smallest absolute Gasteiger partial charge is 0.450 e. The Bertz CT molecular complexity index is 1370. The summed E-state index contributed by atoms with van der Waals surface area (Å²) in [6.07, 6.45) is -4.25. The third-order valence-corrected chi connectivity index (χ3v) is 8.43. The fraction of sp³-hybridized carbons (Fsp3) is 0.444. The molecule has 46 heavy (non-hydrogen) atoms. The van der Waals surface area contributed by atoms with Crippen molar-refractivity contribution in [2.45, 2.75) is 77.1 Å². The minimum atomic E-state index is -4.93. The first-order valence-corrected chi connectivity index (χ1v) is 16.0. The molecule has 0 bridgehead atoms. The van der Waals surface area contributed by atoms with Crippen LogP contribution in [-0.4, -0.2) is 48.6 Å². The highest BCUT2D eigenvalue weighted by molar-refractivity contribution is 6.30. The van der Waals surface area contributed by atoms with E-state index in [1.54, 1.807) is 45.0 Å². The summed E-state index contributed by atoms with van der Waals surface area (Å²) in [7, 11) is 2.00. The van der Waals surface area contributed by atoms with E-state index in [0.29, 0.717) is 47.4 Å². The minimum Gasteiger partial charge on any atom is -0.492 e. The van der Waals surface area contributed by atoms with Crippen LogP contribution >= 0.6 is 23.2 Å². The van der Waals surface area contributed by atoms with Gasteiger partial charge in [-0.3, -0.25) is 14.5 Å². The molecule has 3 aromatic rings. The Kier molecular flexibility index (Phi) is 13.1. The zero-order valence-corrected chi connectivity index (χ0v) is 28.4. The molecule has 0 amide bonds. The van der Waals surface area contributed by atoms with Crippen LogP contribution in [0.1, 0.15) is 70.1 Å². The molecule has 0 aliphatic carbocycles. The number of esters is 1. The molecular weight excluding hydrogens is 638 g/mol. The number of hydrogen-bond acceptors (Lipinski definition) is 5. The van der Waals surface area contributed by atoms with Crippen molar-refractivity contribution in [2.24, 2.45) is 5.92 Å². The molecule has 3 aromatic carbocycles. The highest BCUT2D eigenvalue weighted by Crippen LogP contribution is 2.36. The Morgan fingerprint density at radius 2 is 1.33 bits per heavy atom. The largest absolute Gasteiger partial charge is 0.492 e. The highest BCUT2D eigenvalue weighted by atomic mass is 35.5. The number of nitrogens with zero attached hydrogens (tertiary/aromatic N) is 1. The number of ether oxygens (including phenoxy) is 2. The zero-order chi connectivity index (χ0) is 34.1. The summed E-state index contributed by atoms with van der Waals surface area (Å²) in [5.41, 5.74) is 1.53. The summed E-state index contributed by atoms with van der Waals surface area (Å²) in [5.74, 6) is -2.84. The van der Waals surface area contributed by atoms with Gasteiger partial charge in [0.15, 0.2) is 0 Å². The molecule has 0 aliphatic heterocycles. The Morgan fingerprint density at radius 3 is 1.80 bits per heavy atom. The van der Waals surface area contributed by atoms with E-state index in [1.807, 2.05) is 55.6 Å². The third-order valence-electron chi connectivity index (χ3n) is 7.93. The average Bonchev–Trinajstić information content (AvgIpc) is 2.98. The summed E-state index contributed by atoms with van der Waals surface area (Å²) in [6.45, 7) is 8.26. The van der Waals surface area contributed by atoms with E-state index >= 15 is 0 Å². The molecule has 0 N–H and O–H groups in total. The van der Waals surface area contributed by atoms with Gasteiger partial charge in [-0.05, 0) is 107 Å². The minimum absolute atomic E-state index is 0.0196. The molecule has 0 aliphatic rings. The number of alkyl halides is 3. The number of Topliss-reactive ketones (excluding diaryl/α,β-unsaturated/α-hetero) is 1. The van der Waals surface area contributed by atoms with Gasteiger partial charge >= 0.3 is 12.1 Å². The first-order chi connectivity index (χ1) is 21.5. The van der Waals surface area contributed by atoms with Crippen molar-refractivity contribution in [1.82, 2.24) is 4.90 Å². The van der Waals surface area contributed by atoms with Crippen molar-refractivity contribution in [3.63, 3.8) is 0 Å². The maximum Gasteiger partial charge on any atom is 0.450 e. The van der Waals surface area contributed by atoms with E-state index in [4.69, 9.17) is 32.7 Å². The van der Waals surface area contributed by atoms with Crippen molar-refractivity contribution >= 4 is 35.0 Å². The molecular formula is C36H42Cl2F3NO4. The Morgan fingerprint density at radius 1 is 0.804 bits per heavy atom. The fourth-order valence-electron chi connectivity index (χ4n) is 5.30. The lowest BCUT2D eigenvalue weighted by Crippen LogP contribution is -2.44. The van der Waals surface area contributed by atoms with Crippen LogP contribution in [0.25, 0.3) is 0 Å². The summed E-state index contributed by atoms with van der Waals surface area (Å²) in [5, 5.41) is 1.29. The summed E-state index contributed by atoms with van der Waals surface area (Å²) in [4.78, 5) is 26.3. The third kappa shape index (κ3) is 11.0. The van der Waals surface area contributed by atoms with Crippen LogP contribution in [0.4, 0.5) is 13.2 Å². The van der Waals surface area contributed by atoms with Crippen molar-refractivity contribution in [3.05, 3.63) is 99.5 Å². The first kappa shape index (κ1) is 37.4. The normalized spacial score (nSPS) is 13.0. The number of rotatable bonds is 15. The van der Waals surface area contributed by atoms with Crippen molar-refractivity contribution < 1.29 is 32.2 Å². The number of ketones is 1. The number of hydrogen-bond donors (Lipinski definition) is 0. The van der Waals surface area contributed by atoms with Gasteiger partial charge in [0, 0.05) is 28.9 Å². The number of carbonyl (C=O) groups excluding carboxylic acids is 2. The topological polar surface area (TPSA) is 55.8 Å². The Labute approximate surface area is 280 Å². The molecule has 0 heterocycles. The lowest BCUT2D eigenvalue weighted by Gasteiger charge is -2.40. The van der Waals surface area contributed by atoms with Gasteiger partial charge in [-0.15, -0.1) is 0 Å². The fourth-order valence-corrected chi connectivity index (χ4v) is 5.55. The van der Waals surface area contributed by atoms with E-state index in [-0.39, 0.29) is 19.3 Å². The molecule has 0 fully saturated rings. The average molecular weight is 681 g/mol. The van der Waals surface area contributed by atoms with E-state index in [1.165, 1.54) is 0 Å². The summed E-state index contributed by atoms with van der Waals surface area (Å²) in [6, 6.07) is 22.1. The molecule has 5 nitrogen and oxygen atoms in total. The molecule has 0 aromatic heterocycles. The maximum atomic E-state index is 13.4. The molecule has 0 saturated carbocycles. The number of halogens is 5. The van der Waals surface area contributed by atoms with Gasteiger partial charge in [0.25, 0.3) is 0 Å². The lowest BCUT2D eigenvalue weighted by molar-refractivity contribution is -0.175. The quantitative estimate of drug-likeness (QED) is 0.118. The summed E-state index contributed by atoms with van der Waals surface area (Å²) < 4.78 is 51.4. The Balaban J connectivity index is 1.61. The van der Waals surface area contributed by atoms with Crippen molar-refractivity contribution in [2.75, 3.05) is 20.2 Å². The standard InChI is InChI=1S/C36H42Cl2F3NO4/c1-34(2,3)46-32(43)9-7-6-8-26(33(44)36(39,40)41)24-25-10-20-31(21-11-25)45-23-22-42(5)35(4,27-12-16-29(37)17-13-27)28-14-18-30(38)19-15-28/h10-21,26H,6-9,22-24H2,1-5H3. The van der Waals surface area contributed by atoms with Crippen LogP contribution in [0.2, 0.25) is 10.0 Å². The van der Waals surface area contributed by atoms with E-state index in [9.17, 15) is 22.8 Å². The number of benzene rings is 3. The molecule has 10 heteroatoms. The van der Waals surface area contributed by atoms with E-state index < -0.39 is 35.0 Å². The van der Waals surface area contributed by atoms with Gasteiger partial charge in [-0.1, -0.05) is 66.0 Å². The van der Waals surface area contributed by atoms with E-state index in [2.05, 4.69) is 11.8 Å². The van der Waals surface area contributed by atoms with Crippen LogP contribution in [0.5, 0.6) is 5.75 Å². The first-order valence-electron chi connectivity index (χ1n) is 15.3. The van der Waals surface area contributed by atoms with Crippen LogP contribution in [-0.2, 0) is 26.3 Å². The predicted molar refractivity (Wildman–Crippen MR) is 176 cm³/mol. The van der Waals surface area contributed by atoms with Crippen LogP contribution in [0.3, 0.4) is 0 Å². The van der Waals surface area contributed by atoms with Crippen LogP contribution < -0.4 is 4.74 Å². The molecule has 3 rings (SSSR count). The van der Waals surface area contributed by atoms with Crippen LogP contribution in [0.15, 0.2) is 72.8 Å². The molecule has 0 spiro atoms. The van der Waals surface area contributed by atoms with Gasteiger partial charge < -0.3 is 9.47 Å². The number of carbonyl (C=O) groups is 2. The predicted octanol–water partition coefficient (Wildman–Crippen LogP) is 9.46. The second kappa shape index (κ2) is 16.2. The molecule has 1 atom stereocenters.